The molecule has 12 rings (SSSR count). The van der Waals surface area contributed by atoms with Crippen molar-refractivity contribution in [2.75, 3.05) is 0 Å². The van der Waals surface area contributed by atoms with Gasteiger partial charge in [-0.05, 0) is 103 Å². The molecule has 8 aromatic carbocycles. The van der Waals surface area contributed by atoms with Crippen molar-refractivity contribution in [2.45, 2.75) is 25.7 Å². The van der Waals surface area contributed by atoms with Gasteiger partial charge in [0.05, 0.1) is 0 Å². The Labute approximate surface area is 287 Å². The van der Waals surface area contributed by atoms with Crippen molar-refractivity contribution in [3.05, 3.63) is 166 Å². The van der Waals surface area contributed by atoms with Crippen molar-refractivity contribution in [2.24, 2.45) is 0 Å². The van der Waals surface area contributed by atoms with Gasteiger partial charge < -0.3 is 0 Å². The van der Waals surface area contributed by atoms with E-state index in [1.165, 1.54) is 110 Å². The molecule has 0 heterocycles. The monoisotopic (exact) mass is 643 g/mol. The Kier molecular flexibility index (Phi) is 5.50. The maximum absolute atomic E-state index is 3.32. The molecule has 0 spiro atoms. The van der Waals surface area contributed by atoms with Crippen molar-refractivity contribution in [3.63, 3.8) is 0 Å². The molecule has 45 heavy (non-hydrogen) atoms. The molecule has 0 aliphatic heterocycles. The molecule has 0 amide bonds. The second-order valence-corrected chi connectivity index (χ2v) is 13.0. The van der Waals surface area contributed by atoms with Gasteiger partial charge in [0.15, 0.2) is 0 Å². The summed E-state index contributed by atoms with van der Waals surface area (Å²) in [5, 5.41) is 11.3. The third-order valence-corrected chi connectivity index (χ3v) is 10.7. The van der Waals surface area contributed by atoms with Crippen LogP contribution in [-0.2, 0) is 58.4 Å². The van der Waals surface area contributed by atoms with Crippen LogP contribution in [-0.4, -0.2) is 0 Å². The molecule has 0 bridgehead atoms. The molecule has 0 atom stereocenters. The number of hydrogen-bond acceptors (Lipinski definition) is 0. The molecule has 4 aliphatic rings. The Morgan fingerprint density at radius 1 is 0.311 bits per heavy atom. The van der Waals surface area contributed by atoms with Crippen LogP contribution in [0.5, 0.6) is 0 Å². The third-order valence-electron chi connectivity index (χ3n) is 10.7. The molecule has 0 aromatic heterocycles. The zero-order valence-corrected chi connectivity index (χ0v) is 27.6. The van der Waals surface area contributed by atoms with Crippen LogP contribution in [0.1, 0.15) is 44.5 Å². The SMILES string of the molecule is [Y].[c-]1cc2c3c4c(ccc3c1)Cc1cccc3ccc(c-4c13)C2.[c-]1cc2c3c4c(ccc3c1)Cc1cccc3ccc(c-4c13)C2. The van der Waals surface area contributed by atoms with Gasteiger partial charge in [0.25, 0.3) is 0 Å². The van der Waals surface area contributed by atoms with Crippen LogP contribution in [0.25, 0.3) is 65.3 Å². The maximum atomic E-state index is 3.32. The molecule has 0 N–H and O–H groups in total. The number of hydrogen-bond donors (Lipinski definition) is 0. The molecule has 1 heteroatoms. The Morgan fingerprint density at radius 2 is 0.667 bits per heavy atom. The molecule has 4 aliphatic carbocycles. The van der Waals surface area contributed by atoms with E-state index in [1.54, 1.807) is 0 Å². The quantitative estimate of drug-likeness (QED) is 0.144. The minimum Gasteiger partial charge on any atom is -0.183 e. The molecule has 0 saturated heterocycles. The van der Waals surface area contributed by atoms with Gasteiger partial charge in [-0.3, -0.25) is 0 Å². The van der Waals surface area contributed by atoms with Gasteiger partial charge in [-0.25, -0.2) is 0 Å². The van der Waals surface area contributed by atoms with Crippen LogP contribution in [0.4, 0.5) is 0 Å². The van der Waals surface area contributed by atoms with Crippen molar-refractivity contribution in [1.82, 2.24) is 0 Å². The molecule has 0 nitrogen and oxygen atoms in total. The van der Waals surface area contributed by atoms with E-state index in [4.69, 9.17) is 0 Å². The Bertz CT molecular complexity index is 2240. The summed E-state index contributed by atoms with van der Waals surface area (Å²) in [5.41, 5.74) is 17.7. The van der Waals surface area contributed by atoms with Crippen LogP contribution >= 0.6 is 0 Å². The third kappa shape index (κ3) is 3.50. The van der Waals surface area contributed by atoms with E-state index in [2.05, 4.69) is 121 Å². The van der Waals surface area contributed by atoms with Gasteiger partial charge in [-0.2, -0.15) is 36.4 Å². The van der Waals surface area contributed by atoms with E-state index in [0.29, 0.717) is 0 Å². The minimum absolute atomic E-state index is 0. The van der Waals surface area contributed by atoms with Gasteiger partial charge in [0, 0.05) is 32.7 Å². The first-order valence-corrected chi connectivity index (χ1v) is 15.8. The predicted molar refractivity (Wildman–Crippen MR) is 183 cm³/mol. The smallest absolute Gasteiger partial charge is 0 e. The van der Waals surface area contributed by atoms with E-state index in [9.17, 15) is 0 Å². The average Bonchev–Trinajstić information content (AvgIpc) is 3.07. The van der Waals surface area contributed by atoms with Crippen LogP contribution in [0.15, 0.2) is 109 Å². The minimum atomic E-state index is 0. The zero-order valence-electron chi connectivity index (χ0n) is 24.8. The maximum Gasteiger partial charge on any atom is 0 e. The average molecular weight is 644 g/mol. The van der Waals surface area contributed by atoms with Gasteiger partial charge in [-0.1, -0.05) is 72.8 Å². The second-order valence-electron chi connectivity index (χ2n) is 13.0. The molecular weight excluding hydrogens is 617 g/mol. The van der Waals surface area contributed by atoms with Gasteiger partial charge in [-0.15, -0.1) is 44.8 Å². The zero-order chi connectivity index (χ0) is 28.5. The van der Waals surface area contributed by atoms with Crippen molar-refractivity contribution in [1.29, 1.82) is 0 Å². The Hall–Kier alpha value is -4.10. The van der Waals surface area contributed by atoms with Crippen LogP contribution in [0, 0.1) is 12.1 Å². The van der Waals surface area contributed by atoms with E-state index < -0.39 is 0 Å². The normalized spacial score (nSPS) is 13.7. The van der Waals surface area contributed by atoms with E-state index >= 15 is 0 Å². The van der Waals surface area contributed by atoms with Crippen LogP contribution in [0.2, 0.25) is 0 Å². The summed E-state index contributed by atoms with van der Waals surface area (Å²) >= 11 is 0. The molecule has 0 unspecified atom stereocenters. The van der Waals surface area contributed by atoms with Crippen LogP contribution < -0.4 is 0 Å². The second kappa shape index (κ2) is 9.46. The topological polar surface area (TPSA) is 0 Å². The summed E-state index contributed by atoms with van der Waals surface area (Å²) in [6.45, 7) is 0. The molecular formula is C44H26Y-2. The molecule has 1 radical (unpaired) electrons. The molecule has 207 valence electrons. The van der Waals surface area contributed by atoms with Crippen LogP contribution in [0.3, 0.4) is 0 Å². The summed E-state index contributed by atoms with van der Waals surface area (Å²) < 4.78 is 0. The van der Waals surface area contributed by atoms with E-state index in [-0.39, 0.29) is 32.7 Å². The molecule has 0 saturated carbocycles. The Balaban J connectivity index is 0.000000115. The predicted octanol–water partition coefficient (Wildman–Crippen LogP) is 10.5. The largest absolute Gasteiger partial charge is 0.183 e. The van der Waals surface area contributed by atoms with Crippen molar-refractivity contribution < 1.29 is 32.7 Å². The standard InChI is InChI=1S/2C22H13.Y/c2*1-3-13-7-9-18-12-16-6-2-4-14-8-10-17-11-15(5-1)19(13)21(18)22(17)20(14)16;/h2*1,3-10H,11-12H2;/q2*-1;. The molecule has 8 aromatic rings. The summed E-state index contributed by atoms with van der Waals surface area (Å²) in [6.07, 6.45) is 4.17. The summed E-state index contributed by atoms with van der Waals surface area (Å²) in [5.74, 6) is 0. The molecule has 0 fully saturated rings. The first kappa shape index (κ1) is 26.2. The first-order valence-electron chi connectivity index (χ1n) is 15.8. The van der Waals surface area contributed by atoms with Gasteiger partial charge in [0.1, 0.15) is 0 Å². The van der Waals surface area contributed by atoms with E-state index in [1.807, 2.05) is 0 Å². The van der Waals surface area contributed by atoms with Crippen molar-refractivity contribution >= 4 is 43.1 Å². The fourth-order valence-electron chi connectivity index (χ4n) is 8.99. The fourth-order valence-corrected chi connectivity index (χ4v) is 8.99. The number of benzene rings is 8. The van der Waals surface area contributed by atoms with E-state index in [0.717, 1.165) is 25.7 Å². The summed E-state index contributed by atoms with van der Waals surface area (Å²) in [7, 11) is 0. The van der Waals surface area contributed by atoms with Crippen molar-refractivity contribution in [3.8, 4) is 22.3 Å². The van der Waals surface area contributed by atoms with Gasteiger partial charge in [0.2, 0.25) is 0 Å². The summed E-state index contributed by atoms with van der Waals surface area (Å²) in [6, 6.07) is 47.1. The first-order chi connectivity index (χ1) is 21.8. The summed E-state index contributed by atoms with van der Waals surface area (Å²) in [4.78, 5) is 0. The number of rotatable bonds is 0. The Morgan fingerprint density at radius 3 is 1.09 bits per heavy atom. The van der Waals surface area contributed by atoms with Gasteiger partial charge >= 0.3 is 0 Å². The fraction of sp³-hybridized carbons (Fsp3) is 0.0909.